The second kappa shape index (κ2) is 9.88. The van der Waals surface area contributed by atoms with Crippen molar-refractivity contribution in [2.24, 2.45) is 5.92 Å². The van der Waals surface area contributed by atoms with Crippen LogP contribution in [0, 0.1) is 5.92 Å². The van der Waals surface area contributed by atoms with Crippen LogP contribution in [0.2, 0.25) is 0 Å². The summed E-state index contributed by atoms with van der Waals surface area (Å²) in [5, 5.41) is 3.83. The molecule has 2 aliphatic rings. The second-order valence-electron chi connectivity index (χ2n) is 9.37. The molecule has 0 radical (unpaired) electrons. The molecule has 3 aromatic rings. The largest absolute Gasteiger partial charge is 0.448 e. The van der Waals surface area contributed by atoms with E-state index < -0.39 is 0 Å². The van der Waals surface area contributed by atoms with Gasteiger partial charge in [0.05, 0.1) is 0 Å². The molecule has 2 fully saturated rings. The number of likely N-dealkylation sites (tertiary alicyclic amines) is 1. The molecule has 5 rings (SSSR count). The van der Waals surface area contributed by atoms with Gasteiger partial charge in [-0.2, -0.15) is 0 Å². The van der Waals surface area contributed by atoms with E-state index in [9.17, 15) is 0 Å². The molecule has 3 N–H and O–H groups in total. The molecule has 1 aromatic heterocycles. The van der Waals surface area contributed by atoms with Crippen LogP contribution in [0.5, 0.6) is 0 Å². The third-order valence-corrected chi connectivity index (χ3v) is 7.05. The molecule has 1 saturated carbocycles. The Morgan fingerprint density at radius 3 is 2.62 bits per heavy atom. The van der Waals surface area contributed by atoms with E-state index in [1.807, 2.05) is 24.3 Å². The van der Waals surface area contributed by atoms with Crippen molar-refractivity contribution in [1.29, 1.82) is 0 Å². The minimum Gasteiger partial charge on any atom is -0.448 e. The number of benzene rings is 2. The average molecular weight is 431 g/mol. The van der Waals surface area contributed by atoms with Crippen LogP contribution in [0.4, 0.5) is 5.69 Å². The zero-order valence-electron chi connectivity index (χ0n) is 18.7. The third-order valence-electron chi connectivity index (χ3n) is 7.05. The lowest BCUT2D eigenvalue weighted by atomic mass is 9.96. The summed E-state index contributed by atoms with van der Waals surface area (Å²) in [5.41, 5.74) is 10.1. The highest BCUT2D eigenvalue weighted by Gasteiger charge is 2.38. The number of aromatic nitrogens is 1. The Labute approximate surface area is 191 Å². The third kappa shape index (κ3) is 5.22. The lowest BCUT2D eigenvalue weighted by molar-refractivity contribution is 0.179. The molecule has 168 valence electrons. The maximum Gasteiger partial charge on any atom is 0.194 e. The molecule has 2 heterocycles. The number of aryl methyl sites for hydroxylation is 1. The van der Waals surface area contributed by atoms with Crippen molar-refractivity contribution in [2.45, 2.75) is 44.1 Å². The lowest BCUT2D eigenvalue weighted by Gasteiger charge is -2.32. The molecular weight excluding hydrogens is 396 g/mol. The first-order valence-electron chi connectivity index (χ1n) is 12.1. The van der Waals surface area contributed by atoms with Crippen LogP contribution in [0.15, 0.2) is 65.3 Å². The van der Waals surface area contributed by atoms with Crippen molar-refractivity contribution in [2.75, 3.05) is 31.9 Å². The van der Waals surface area contributed by atoms with Crippen molar-refractivity contribution < 1.29 is 4.42 Å². The maximum atomic E-state index is 6.05. The minimum atomic E-state index is 0.687. The molecule has 5 heteroatoms. The van der Waals surface area contributed by atoms with Crippen LogP contribution in [0.3, 0.4) is 0 Å². The van der Waals surface area contributed by atoms with Crippen LogP contribution in [-0.4, -0.2) is 42.1 Å². The van der Waals surface area contributed by atoms with Gasteiger partial charge >= 0.3 is 0 Å². The Morgan fingerprint density at radius 1 is 1.03 bits per heavy atom. The van der Waals surface area contributed by atoms with Gasteiger partial charge in [-0.25, -0.2) is 4.98 Å². The molecular formula is C27H34N4O. The molecule has 2 unspecified atom stereocenters. The van der Waals surface area contributed by atoms with Gasteiger partial charge < -0.3 is 20.4 Å². The van der Waals surface area contributed by atoms with Gasteiger partial charge in [0, 0.05) is 29.6 Å². The van der Waals surface area contributed by atoms with Gasteiger partial charge in [-0.05, 0) is 69.4 Å². The van der Waals surface area contributed by atoms with Crippen LogP contribution in [-0.2, 0) is 6.42 Å². The van der Waals surface area contributed by atoms with E-state index in [0.29, 0.717) is 6.04 Å². The highest BCUT2D eigenvalue weighted by atomic mass is 16.3. The van der Waals surface area contributed by atoms with Crippen LogP contribution < -0.4 is 11.1 Å². The van der Waals surface area contributed by atoms with Gasteiger partial charge in [0.2, 0.25) is 0 Å². The summed E-state index contributed by atoms with van der Waals surface area (Å²) in [7, 11) is 0. The monoisotopic (exact) mass is 430 g/mol. The van der Waals surface area contributed by atoms with Gasteiger partial charge in [-0.3, -0.25) is 0 Å². The SMILES string of the molecule is Nc1ccccc1-c1coc(CCCN2CCC(CNC3CC3c3ccccc3)CC2)n1. The predicted molar refractivity (Wildman–Crippen MR) is 129 cm³/mol. The first kappa shape index (κ1) is 21.2. The second-order valence-corrected chi connectivity index (χ2v) is 9.37. The number of oxazole rings is 1. The topological polar surface area (TPSA) is 67.3 Å². The number of nitrogen functional groups attached to an aromatic ring is 1. The smallest absolute Gasteiger partial charge is 0.194 e. The molecule has 2 atom stereocenters. The maximum absolute atomic E-state index is 6.05. The van der Waals surface area contributed by atoms with E-state index in [1.54, 1.807) is 6.26 Å². The van der Waals surface area contributed by atoms with Gasteiger partial charge in [0.1, 0.15) is 12.0 Å². The summed E-state index contributed by atoms with van der Waals surface area (Å²) in [4.78, 5) is 7.23. The molecule has 1 saturated heterocycles. The Balaban J connectivity index is 0.987. The fourth-order valence-corrected chi connectivity index (χ4v) is 4.96. The fourth-order valence-electron chi connectivity index (χ4n) is 4.96. The molecule has 2 aromatic carbocycles. The number of nitrogens with one attached hydrogen (secondary N) is 1. The van der Waals surface area contributed by atoms with Crippen molar-refractivity contribution in [3.05, 3.63) is 72.3 Å². The molecule has 0 bridgehead atoms. The number of nitrogens with two attached hydrogens (primary N) is 1. The van der Waals surface area contributed by atoms with Crippen LogP contribution >= 0.6 is 0 Å². The zero-order valence-corrected chi connectivity index (χ0v) is 18.7. The van der Waals surface area contributed by atoms with Crippen LogP contribution in [0.25, 0.3) is 11.3 Å². The van der Waals surface area contributed by atoms with E-state index in [1.165, 1.54) is 44.5 Å². The number of nitrogens with zero attached hydrogens (tertiary/aromatic N) is 2. The molecule has 1 aliphatic heterocycles. The standard InChI is InChI=1S/C27H34N4O/c28-24-10-5-4-9-22(24)26-19-32-27(30-26)11-6-14-31-15-12-20(13-16-31)18-29-25-17-23(25)21-7-2-1-3-8-21/h1-5,7-10,19-20,23,25,29H,6,11-18,28H2. The molecule has 0 amide bonds. The van der Waals surface area contributed by atoms with Crippen molar-refractivity contribution in [1.82, 2.24) is 15.2 Å². The van der Waals surface area contributed by atoms with Crippen molar-refractivity contribution in [3.8, 4) is 11.3 Å². The Morgan fingerprint density at radius 2 is 1.81 bits per heavy atom. The zero-order chi connectivity index (χ0) is 21.8. The van der Waals surface area contributed by atoms with E-state index >= 15 is 0 Å². The van der Waals surface area contributed by atoms with Gasteiger partial charge in [-0.15, -0.1) is 0 Å². The molecule has 1 aliphatic carbocycles. The van der Waals surface area contributed by atoms with Crippen LogP contribution in [0.1, 0.15) is 43.1 Å². The Bertz CT molecular complexity index is 994. The summed E-state index contributed by atoms with van der Waals surface area (Å²) >= 11 is 0. The van der Waals surface area contributed by atoms with E-state index in [-0.39, 0.29) is 0 Å². The number of hydrogen-bond acceptors (Lipinski definition) is 5. The van der Waals surface area contributed by atoms with Crippen molar-refractivity contribution >= 4 is 5.69 Å². The fraction of sp³-hybridized carbons (Fsp3) is 0.444. The minimum absolute atomic E-state index is 0.687. The predicted octanol–water partition coefficient (Wildman–Crippen LogP) is 4.71. The summed E-state index contributed by atoms with van der Waals surface area (Å²) in [6.45, 7) is 4.70. The van der Waals surface area contributed by atoms with Crippen molar-refractivity contribution in [3.63, 3.8) is 0 Å². The van der Waals surface area contributed by atoms with E-state index in [2.05, 4.69) is 45.5 Å². The Kier molecular flexibility index (Phi) is 6.56. The van der Waals surface area contributed by atoms with E-state index in [0.717, 1.165) is 54.1 Å². The quantitative estimate of drug-likeness (QED) is 0.481. The lowest BCUT2D eigenvalue weighted by Crippen LogP contribution is -2.38. The molecule has 5 nitrogen and oxygen atoms in total. The highest BCUT2D eigenvalue weighted by Crippen LogP contribution is 2.40. The average Bonchev–Trinajstić information content (AvgIpc) is 3.47. The molecule has 0 spiro atoms. The number of hydrogen-bond donors (Lipinski definition) is 2. The summed E-state index contributed by atoms with van der Waals surface area (Å²) in [6.07, 6.45) is 7.56. The number of piperidine rings is 1. The normalized spacial score (nSPS) is 21.6. The van der Waals surface area contributed by atoms with E-state index in [4.69, 9.17) is 10.2 Å². The number of rotatable bonds is 9. The number of anilines is 1. The first-order chi connectivity index (χ1) is 15.8. The highest BCUT2D eigenvalue weighted by molar-refractivity contribution is 5.72. The first-order valence-corrected chi connectivity index (χ1v) is 12.1. The Hall–Kier alpha value is -2.63. The summed E-state index contributed by atoms with van der Waals surface area (Å²) < 4.78 is 5.69. The van der Waals surface area contributed by atoms with Gasteiger partial charge in [-0.1, -0.05) is 48.5 Å². The summed E-state index contributed by atoms with van der Waals surface area (Å²) in [5.74, 6) is 2.35. The van der Waals surface area contributed by atoms with Gasteiger partial charge in [0.25, 0.3) is 0 Å². The number of para-hydroxylation sites is 1. The van der Waals surface area contributed by atoms with Gasteiger partial charge in [0.15, 0.2) is 5.89 Å². The molecule has 32 heavy (non-hydrogen) atoms. The summed E-state index contributed by atoms with van der Waals surface area (Å²) in [6, 6.07) is 19.4.